The third-order valence-corrected chi connectivity index (χ3v) is 1.40. The summed E-state index contributed by atoms with van der Waals surface area (Å²) in [5.41, 5.74) is -2.91. The molecule has 0 heterocycles. The maximum Gasteiger partial charge on any atom is 0.286 e. The van der Waals surface area contributed by atoms with E-state index in [1.54, 1.807) is 0 Å². The van der Waals surface area contributed by atoms with Crippen molar-refractivity contribution in [3.05, 3.63) is 0 Å². The Morgan fingerprint density at radius 3 is 1.25 bits per heavy atom. The van der Waals surface area contributed by atoms with Crippen LogP contribution in [0.3, 0.4) is 0 Å². The Balaban J connectivity index is 4.44. The predicted octanol–water partition coefficient (Wildman–Crippen LogP) is 3.42. The molecule has 0 N–H and O–H groups in total. The van der Waals surface area contributed by atoms with Gasteiger partial charge in [-0.05, 0) is 20.8 Å². The lowest BCUT2D eigenvalue weighted by Gasteiger charge is -2.28. The largest absolute Gasteiger partial charge is 0.286 e. The summed E-state index contributed by atoms with van der Waals surface area (Å²) in [6.07, 6.45) is -1.76. The van der Waals surface area contributed by atoms with Crippen LogP contribution in [-0.4, -0.2) is 17.5 Å². The minimum Gasteiger partial charge on any atom is -0.238 e. The standard InChI is InChI=1S/C7H11F5/c1-5(2,8)7(11,12)4-6(3,9)10/h4H2,1-3H3. The lowest BCUT2D eigenvalue weighted by molar-refractivity contribution is -0.170. The third kappa shape index (κ3) is 3.36. The van der Waals surface area contributed by atoms with Crippen LogP contribution in [0.4, 0.5) is 22.0 Å². The van der Waals surface area contributed by atoms with E-state index < -0.39 is 23.9 Å². The van der Waals surface area contributed by atoms with Crippen molar-refractivity contribution in [3.63, 3.8) is 0 Å². The predicted molar refractivity (Wildman–Crippen MR) is 35.4 cm³/mol. The van der Waals surface area contributed by atoms with Crippen LogP contribution < -0.4 is 0 Å². The summed E-state index contributed by atoms with van der Waals surface area (Å²) in [6, 6.07) is 0. The summed E-state index contributed by atoms with van der Waals surface area (Å²) >= 11 is 0. The van der Waals surface area contributed by atoms with Crippen molar-refractivity contribution >= 4 is 0 Å². The number of hydrogen-bond donors (Lipinski definition) is 0. The minimum atomic E-state index is -3.99. The first kappa shape index (κ1) is 11.6. The molecule has 0 nitrogen and oxygen atoms in total. The Hall–Kier alpha value is -0.350. The summed E-state index contributed by atoms with van der Waals surface area (Å²) < 4.78 is 62.0. The fourth-order valence-electron chi connectivity index (χ4n) is 0.600. The molecule has 0 aliphatic rings. The molecule has 0 spiro atoms. The Labute approximate surface area is 67.8 Å². The number of rotatable bonds is 3. The maximum atomic E-state index is 12.6. The molecule has 0 aliphatic carbocycles. The molecule has 5 heteroatoms. The molecule has 0 radical (unpaired) electrons. The summed E-state index contributed by atoms with van der Waals surface area (Å²) in [5, 5.41) is 0. The zero-order valence-corrected chi connectivity index (χ0v) is 7.10. The molecule has 0 aromatic carbocycles. The second kappa shape index (κ2) is 2.85. The average Bonchev–Trinajstić information content (AvgIpc) is 1.52. The van der Waals surface area contributed by atoms with Gasteiger partial charge in [-0.15, -0.1) is 0 Å². The topological polar surface area (TPSA) is 0 Å². The van der Waals surface area contributed by atoms with Crippen molar-refractivity contribution in [1.29, 1.82) is 0 Å². The van der Waals surface area contributed by atoms with Gasteiger partial charge in [-0.25, -0.2) is 22.0 Å². The second-order valence-corrected chi connectivity index (χ2v) is 3.42. The van der Waals surface area contributed by atoms with E-state index in [1.165, 1.54) is 0 Å². The van der Waals surface area contributed by atoms with E-state index in [1.807, 2.05) is 0 Å². The van der Waals surface area contributed by atoms with Gasteiger partial charge in [0.15, 0.2) is 5.67 Å². The van der Waals surface area contributed by atoms with Gasteiger partial charge in [0.2, 0.25) is 0 Å². The zero-order valence-electron chi connectivity index (χ0n) is 7.10. The smallest absolute Gasteiger partial charge is 0.238 e. The van der Waals surface area contributed by atoms with Gasteiger partial charge >= 0.3 is 0 Å². The van der Waals surface area contributed by atoms with Crippen LogP contribution >= 0.6 is 0 Å². The molecule has 0 saturated carbocycles. The van der Waals surface area contributed by atoms with Gasteiger partial charge in [0, 0.05) is 0 Å². The normalized spacial score (nSPS) is 15.0. The Kier molecular flexibility index (Phi) is 2.77. The molecule has 0 aromatic heterocycles. The molecular weight excluding hydrogens is 179 g/mol. The number of hydrogen-bond acceptors (Lipinski definition) is 0. The summed E-state index contributed by atoms with van der Waals surface area (Å²) in [6.45, 7) is 1.50. The van der Waals surface area contributed by atoms with Crippen molar-refractivity contribution in [2.45, 2.75) is 44.7 Å². The van der Waals surface area contributed by atoms with E-state index in [0.717, 1.165) is 0 Å². The molecule has 12 heavy (non-hydrogen) atoms. The number of alkyl halides is 5. The van der Waals surface area contributed by atoms with Crippen molar-refractivity contribution in [3.8, 4) is 0 Å². The first-order chi connectivity index (χ1) is 4.96. The average molecular weight is 190 g/mol. The molecule has 0 aliphatic heterocycles. The molecule has 0 rings (SSSR count). The van der Waals surface area contributed by atoms with E-state index in [-0.39, 0.29) is 0 Å². The maximum absolute atomic E-state index is 12.6. The molecular formula is C7H11F5. The highest BCUT2D eigenvalue weighted by Crippen LogP contribution is 2.39. The van der Waals surface area contributed by atoms with Crippen LogP contribution in [0, 0.1) is 0 Å². The number of halogens is 5. The molecule has 0 amide bonds. The van der Waals surface area contributed by atoms with Gasteiger partial charge in [-0.3, -0.25) is 0 Å². The van der Waals surface area contributed by atoms with Crippen molar-refractivity contribution in [1.82, 2.24) is 0 Å². The van der Waals surface area contributed by atoms with Crippen LogP contribution in [0.15, 0.2) is 0 Å². The van der Waals surface area contributed by atoms with Gasteiger partial charge in [-0.1, -0.05) is 0 Å². The van der Waals surface area contributed by atoms with E-state index in [2.05, 4.69) is 0 Å². The van der Waals surface area contributed by atoms with E-state index in [4.69, 9.17) is 0 Å². The SMILES string of the molecule is CC(F)(F)CC(F)(F)C(C)(C)F. The Morgan fingerprint density at radius 1 is 0.833 bits per heavy atom. The molecule has 0 bridgehead atoms. The molecule has 0 aromatic rings. The van der Waals surface area contributed by atoms with Crippen molar-refractivity contribution in [2.24, 2.45) is 0 Å². The van der Waals surface area contributed by atoms with Crippen molar-refractivity contribution < 1.29 is 22.0 Å². The van der Waals surface area contributed by atoms with Crippen LogP contribution in [0.25, 0.3) is 0 Å². The highest BCUT2D eigenvalue weighted by molar-refractivity contribution is 4.88. The van der Waals surface area contributed by atoms with E-state index >= 15 is 0 Å². The quantitative estimate of drug-likeness (QED) is 0.598. The van der Waals surface area contributed by atoms with Gasteiger partial charge < -0.3 is 0 Å². The van der Waals surface area contributed by atoms with E-state index in [0.29, 0.717) is 20.8 Å². The Bertz CT molecular complexity index is 150. The highest BCUT2D eigenvalue weighted by atomic mass is 19.3. The van der Waals surface area contributed by atoms with Gasteiger partial charge in [0.25, 0.3) is 11.8 Å². The highest BCUT2D eigenvalue weighted by Gasteiger charge is 2.52. The summed E-state index contributed by atoms with van der Waals surface area (Å²) in [7, 11) is 0. The lowest BCUT2D eigenvalue weighted by atomic mass is 9.97. The molecule has 74 valence electrons. The summed E-state index contributed by atoms with van der Waals surface area (Å²) in [4.78, 5) is 0. The van der Waals surface area contributed by atoms with Crippen LogP contribution in [0.1, 0.15) is 27.2 Å². The third-order valence-electron chi connectivity index (χ3n) is 1.40. The lowest BCUT2D eigenvalue weighted by Crippen LogP contribution is -2.42. The zero-order chi connectivity index (χ0) is 10.2. The fraction of sp³-hybridized carbons (Fsp3) is 1.00. The van der Waals surface area contributed by atoms with Gasteiger partial charge in [0.05, 0.1) is 6.42 Å². The van der Waals surface area contributed by atoms with Crippen LogP contribution in [-0.2, 0) is 0 Å². The first-order valence-corrected chi connectivity index (χ1v) is 3.40. The second-order valence-electron chi connectivity index (χ2n) is 3.42. The van der Waals surface area contributed by atoms with Crippen molar-refractivity contribution in [2.75, 3.05) is 0 Å². The monoisotopic (exact) mass is 190 g/mol. The van der Waals surface area contributed by atoms with Crippen LogP contribution in [0.5, 0.6) is 0 Å². The summed E-state index contributed by atoms with van der Waals surface area (Å²) in [5.74, 6) is -7.54. The minimum absolute atomic E-state index is 0.340. The molecule has 0 unspecified atom stereocenters. The van der Waals surface area contributed by atoms with Gasteiger partial charge in [0.1, 0.15) is 0 Å². The van der Waals surface area contributed by atoms with E-state index in [9.17, 15) is 22.0 Å². The first-order valence-electron chi connectivity index (χ1n) is 3.40. The fourth-order valence-corrected chi connectivity index (χ4v) is 0.600. The molecule has 0 saturated heterocycles. The van der Waals surface area contributed by atoms with Gasteiger partial charge in [-0.2, -0.15) is 0 Å². The molecule has 0 fully saturated rings. The Morgan fingerprint density at radius 2 is 1.17 bits per heavy atom. The molecule has 0 atom stereocenters. The van der Waals surface area contributed by atoms with Crippen LogP contribution in [0.2, 0.25) is 0 Å².